The van der Waals surface area contributed by atoms with Gasteiger partial charge in [0.25, 0.3) is 0 Å². The molecule has 0 radical (unpaired) electrons. The van der Waals surface area contributed by atoms with E-state index in [2.05, 4.69) is 25.4 Å². The van der Waals surface area contributed by atoms with E-state index >= 15 is 0 Å². The molecule has 0 aliphatic rings. The lowest BCUT2D eigenvalue weighted by molar-refractivity contribution is 0.574. The largest absolute Gasteiger partial charge is 0.399 e. The Bertz CT molecular complexity index is 546. The molecule has 0 fully saturated rings. The Morgan fingerprint density at radius 2 is 1.85 bits per heavy atom. The predicted octanol–water partition coefficient (Wildman–Crippen LogP) is 2.25. The molecule has 1 aromatic carbocycles. The van der Waals surface area contributed by atoms with Crippen molar-refractivity contribution in [1.29, 1.82) is 0 Å². The molecule has 5 N–H and O–H groups in total. The molecule has 1 rings (SSSR count). The highest BCUT2D eigenvalue weighted by atomic mass is 32.2. The van der Waals surface area contributed by atoms with Crippen molar-refractivity contribution in [1.82, 2.24) is 0 Å². The first-order chi connectivity index (χ1) is 9.26. The Balaban J connectivity index is 2.96. The van der Waals surface area contributed by atoms with Gasteiger partial charge in [-0.2, -0.15) is 11.8 Å². The van der Waals surface area contributed by atoms with E-state index in [1.807, 2.05) is 11.8 Å². The van der Waals surface area contributed by atoms with Gasteiger partial charge in [0.15, 0.2) is 0 Å². The third-order valence-electron chi connectivity index (χ3n) is 3.59. The van der Waals surface area contributed by atoms with Crippen LogP contribution in [-0.4, -0.2) is 26.0 Å². The summed E-state index contributed by atoms with van der Waals surface area (Å²) in [4.78, 5) is 0.0303. The quantitative estimate of drug-likeness (QED) is 0.670. The number of thioether (sulfide) groups is 1. The molecule has 0 atom stereocenters. The van der Waals surface area contributed by atoms with E-state index in [9.17, 15) is 8.42 Å². The molecule has 0 unspecified atom stereocenters. The van der Waals surface area contributed by atoms with Gasteiger partial charge in [-0.1, -0.05) is 13.8 Å². The van der Waals surface area contributed by atoms with Gasteiger partial charge in [-0.25, -0.2) is 13.6 Å². The van der Waals surface area contributed by atoms with Crippen molar-refractivity contribution in [3.05, 3.63) is 18.2 Å². The minimum absolute atomic E-state index is 0.0303. The van der Waals surface area contributed by atoms with Crippen LogP contribution >= 0.6 is 11.8 Å². The van der Waals surface area contributed by atoms with Crippen LogP contribution in [-0.2, 0) is 10.0 Å². The highest BCUT2D eigenvalue weighted by Gasteiger charge is 2.24. The van der Waals surface area contributed by atoms with Crippen molar-refractivity contribution in [3.8, 4) is 0 Å². The number of nitrogens with two attached hydrogens (primary N) is 2. The Morgan fingerprint density at radius 1 is 1.25 bits per heavy atom. The average molecular weight is 317 g/mol. The summed E-state index contributed by atoms with van der Waals surface area (Å²) < 4.78 is 22.9. The van der Waals surface area contributed by atoms with Gasteiger partial charge in [0.2, 0.25) is 10.0 Å². The lowest BCUT2D eigenvalue weighted by Gasteiger charge is -2.30. The predicted molar refractivity (Wildman–Crippen MR) is 87.5 cm³/mol. The Morgan fingerprint density at radius 3 is 2.30 bits per heavy atom. The number of sulfonamides is 1. The van der Waals surface area contributed by atoms with Gasteiger partial charge in [-0.15, -0.1) is 0 Å². The Kier molecular flexibility index (Phi) is 5.73. The topological polar surface area (TPSA) is 98.2 Å². The first-order valence-electron chi connectivity index (χ1n) is 6.48. The van der Waals surface area contributed by atoms with E-state index in [4.69, 9.17) is 10.9 Å². The summed E-state index contributed by atoms with van der Waals surface area (Å²) in [6.07, 6.45) is 4.15. The van der Waals surface area contributed by atoms with Gasteiger partial charge in [0.05, 0.1) is 4.90 Å². The summed E-state index contributed by atoms with van der Waals surface area (Å²) in [5.74, 6) is 0. The number of benzene rings is 1. The third kappa shape index (κ3) is 4.29. The van der Waals surface area contributed by atoms with Gasteiger partial charge >= 0.3 is 0 Å². The zero-order chi connectivity index (χ0) is 15.4. The SMILES string of the molecule is CCC(CC)(CNc1cc(N)cc(S(N)(=O)=O)c1)SC. The molecule has 1 aromatic rings. The van der Waals surface area contributed by atoms with E-state index in [0.29, 0.717) is 11.4 Å². The van der Waals surface area contributed by atoms with Crippen molar-refractivity contribution >= 4 is 33.2 Å². The zero-order valence-electron chi connectivity index (χ0n) is 12.1. The second-order valence-corrected chi connectivity index (χ2v) is 7.62. The first kappa shape index (κ1) is 17.1. The third-order valence-corrected chi connectivity index (χ3v) is 6.07. The van der Waals surface area contributed by atoms with Gasteiger partial charge in [0, 0.05) is 22.7 Å². The molecule has 20 heavy (non-hydrogen) atoms. The van der Waals surface area contributed by atoms with Crippen LogP contribution in [0.2, 0.25) is 0 Å². The van der Waals surface area contributed by atoms with Crippen molar-refractivity contribution in [2.24, 2.45) is 5.14 Å². The van der Waals surface area contributed by atoms with Crippen LogP contribution < -0.4 is 16.2 Å². The molecule has 7 heteroatoms. The normalized spacial score (nSPS) is 12.4. The molecule has 114 valence electrons. The standard InChI is InChI=1S/C13H23N3O2S2/c1-4-13(5-2,19-3)9-16-11-6-10(14)7-12(8-11)20(15,17)18/h6-8,16H,4-5,9,14H2,1-3H3,(H2,15,17,18). The molecule has 0 amide bonds. The fourth-order valence-corrected chi connectivity index (χ4v) is 3.40. The molecule has 0 bridgehead atoms. The molecular weight excluding hydrogens is 294 g/mol. The van der Waals surface area contributed by atoms with E-state index in [1.54, 1.807) is 6.07 Å². The molecule has 0 saturated heterocycles. The van der Waals surface area contributed by atoms with Crippen LogP contribution in [0.25, 0.3) is 0 Å². The van der Waals surface area contributed by atoms with Crippen LogP contribution in [0.4, 0.5) is 11.4 Å². The maximum atomic E-state index is 11.4. The van der Waals surface area contributed by atoms with Crippen molar-refractivity contribution in [3.63, 3.8) is 0 Å². The highest BCUT2D eigenvalue weighted by molar-refractivity contribution is 8.00. The molecule has 0 aliphatic heterocycles. The molecule has 0 saturated carbocycles. The minimum atomic E-state index is -3.74. The molecule has 5 nitrogen and oxygen atoms in total. The van der Waals surface area contributed by atoms with Crippen LogP contribution in [0.15, 0.2) is 23.1 Å². The summed E-state index contributed by atoms with van der Waals surface area (Å²) in [6.45, 7) is 5.04. The summed E-state index contributed by atoms with van der Waals surface area (Å²) in [7, 11) is -3.74. The first-order valence-corrected chi connectivity index (χ1v) is 9.26. The van der Waals surface area contributed by atoms with Crippen molar-refractivity contribution in [2.75, 3.05) is 23.9 Å². The monoisotopic (exact) mass is 317 g/mol. The summed E-state index contributed by atoms with van der Waals surface area (Å²) >= 11 is 1.81. The number of nitrogen functional groups attached to an aromatic ring is 1. The molecule has 0 aliphatic carbocycles. The Labute approximate surface area is 125 Å². The van der Waals surface area contributed by atoms with Crippen molar-refractivity contribution in [2.45, 2.75) is 36.3 Å². The highest BCUT2D eigenvalue weighted by Crippen LogP contribution is 2.31. The van der Waals surface area contributed by atoms with E-state index in [0.717, 1.165) is 19.4 Å². The van der Waals surface area contributed by atoms with E-state index in [1.165, 1.54) is 12.1 Å². The fraction of sp³-hybridized carbons (Fsp3) is 0.538. The van der Waals surface area contributed by atoms with Gasteiger partial charge < -0.3 is 11.1 Å². The number of primary sulfonamides is 1. The number of rotatable bonds is 7. The van der Waals surface area contributed by atoms with E-state index < -0.39 is 10.0 Å². The lowest BCUT2D eigenvalue weighted by Crippen LogP contribution is -2.32. The number of hydrogen-bond acceptors (Lipinski definition) is 5. The summed E-state index contributed by atoms with van der Waals surface area (Å²) in [5, 5.41) is 8.41. The zero-order valence-corrected chi connectivity index (χ0v) is 13.8. The van der Waals surface area contributed by atoms with Gasteiger partial charge in [0.1, 0.15) is 0 Å². The van der Waals surface area contributed by atoms with Gasteiger partial charge in [-0.3, -0.25) is 0 Å². The Hall–Kier alpha value is -0.920. The van der Waals surface area contributed by atoms with Crippen LogP contribution in [0.5, 0.6) is 0 Å². The number of nitrogens with one attached hydrogen (secondary N) is 1. The number of hydrogen-bond donors (Lipinski definition) is 3. The van der Waals surface area contributed by atoms with E-state index in [-0.39, 0.29) is 9.64 Å². The lowest BCUT2D eigenvalue weighted by atomic mass is 10.0. The number of anilines is 2. The second kappa shape index (κ2) is 6.69. The summed E-state index contributed by atoms with van der Waals surface area (Å²) in [5.41, 5.74) is 6.78. The van der Waals surface area contributed by atoms with Crippen LogP contribution in [0.3, 0.4) is 0 Å². The van der Waals surface area contributed by atoms with Crippen LogP contribution in [0.1, 0.15) is 26.7 Å². The second-order valence-electron chi connectivity index (χ2n) is 4.78. The minimum Gasteiger partial charge on any atom is -0.399 e. The maximum absolute atomic E-state index is 11.4. The molecule has 0 aromatic heterocycles. The molecular formula is C13H23N3O2S2. The summed E-state index contributed by atoms with van der Waals surface area (Å²) in [6, 6.07) is 4.59. The smallest absolute Gasteiger partial charge is 0.238 e. The molecule has 0 spiro atoms. The van der Waals surface area contributed by atoms with Crippen LogP contribution in [0, 0.1) is 0 Å². The molecule has 0 heterocycles. The van der Waals surface area contributed by atoms with Gasteiger partial charge in [-0.05, 0) is 37.3 Å². The maximum Gasteiger partial charge on any atom is 0.238 e. The fourth-order valence-electron chi connectivity index (χ4n) is 2.01. The van der Waals surface area contributed by atoms with Crippen molar-refractivity contribution < 1.29 is 8.42 Å². The average Bonchev–Trinajstić information content (AvgIpc) is 2.39.